The van der Waals surface area contributed by atoms with Gasteiger partial charge >= 0.3 is 5.97 Å². The van der Waals surface area contributed by atoms with Crippen LogP contribution in [0.2, 0.25) is 0 Å². The molecule has 3 rings (SSSR count). The Bertz CT molecular complexity index is 770. The van der Waals surface area contributed by atoms with E-state index in [4.69, 9.17) is 9.47 Å². The number of esters is 1. The molecule has 0 saturated heterocycles. The molecule has 0 saturated carbocycles. The molecule has 2 aromatic carbocycles. The normalized spacial score (nSPS) is 15.7. The molecule has 5 nitrogen and oxygen atoms in total. The molecule has 0 bridgehead atoms. The maximum atomic E-state index is 12.2. The van der Waals surface area contributed by atoms with Gasteiger partial charge in [0, 0.05) is 0 Å². The highest BCUT2D eigenvalue weighted by atomic mass is 16.5. The Morgan fingerprint density at radius 2 is 1.88 bits per heavy atom. The predicted octanol–water partition coefficient (Wildman–Crippen LogP) is 2.97. The molecule has 1 amide bonds. The second-order valence-corrected chi connectivity index (χ2v) is 6.40. The molecule has 0 aliphatic heterocycles. The average molecular weight is 353 g/mol. The third-order valence-electron chi connectivity index (χ3n) is 4.58. The molecular formula is C21H23NO4. The van der Waals surface area contributed by atoms with Gasteiger partial charge in [-0.1, -0.05) is 36.4 Å². The van der Waals surface area contributed by atoms with Crippen LogP contribution in [0.5, 0.6) is 5.75 Å². The molecule has 1 aliphatic carbocycles. The molecule has 0 fully saturated rings. The van der Waals surface area contributed by atoms with E-state index in [-0.39, 0.29) is 25.0 Å². The van der Waals surface area contributed by atoms with Gasteiger partial charge in [-0.15, -0.1) is 0 Å². The van der Waals surface area contributed by atoms with Gasteiger partial charge in [0.05, 0.1) is 19.6 Å². The Labute approximate surface area is 153 Å². The first-order valence-electron chi connectivity index (χ1n) is 8.81. The molecule has 1 aliphatic rings. The Balaban J connectivity index is 1.47. The maximum absolute atomic E-state index is 12.2. The number of fused-ring (bicyclic) bond motifs is 1. The second-order valence-electron chi connectivity index (χ2n) is 6.40. The Kier molecular flexibility index (Phi) is 5.89. The lowest BCUT2D eigenvalue weighted by atomic mass is 9.88. The lowest BCUT2D eigenvalue weighted by Gasteiger charge is -2.26. The Morgan fingerprint density at radius 3 is 2.65 bits per heavy atom. The quantitative estimate of drug-likeness (QED) is 0.811. The zero-order valence-electron chi connectivity index (χ0n) is 14.9. The minimum atomic E-state index is -0.422. The zero-order valence-corrected chi connectivity index (χ0v) is 14.9. The van der Waals surface area contributed by atoms with Crippen LogP contribution in [0.25, 0.3) is 0 Å². The lowest BCUT2D eigenvalue weighted by Crippen LogP contribution is -2.34. The molecular weight excluding hydrogens is 330 g/mol. The number of hydrogen-bond donors (Lipinski definition) is 1. The van der Waals surface area contributed by atoms with E-state index in [2.05, 4.69) is 17.4 Å². The number of carbonyl (C=O) groups is 2. The topological polar surface area (TPSA) is 64.6 Å². The van der Waals surface area contributed by atoms with Crippen molar-refractivity contribution >= 4 is 11.9 Å². The number of amides is 1. The maximum Gasteiger partial charge on any atom is 0.310 e. The van der Waals surface area contributed by atoms with E-state index in [0.29, 0.717) is 0 Å². The van der Waals surface area contributed by atoms with Crippen molar-refractivity contribution in [2.24, 2.45) is 0 Å². The summed E-state index contributed by atoms with van der Waals surface area (Å²) in [6, 6.07) is 15.3. The molecule has 5 heteroatoms. The van der Waals surface area contributed by atoms with Crippen LogP contribution in [0, 0.1) is 0 Å². The Hall–Kier alpha value is -2.82. The third kappa shape index (κ3) is 4.63. The molecule has 0 spiro atoms. The van der Waals surface area contributed by atoms with Crippen molar-refractivity contribution < 1.29 is 19.1 Å². The summed E-state index contributed by atoms with van der Waals surface area (Å²) < 4.78 is 10.2. The summed E-state index contributed by atoms with van der Waals surface area (Å²) in [5, 5.41) is 2.98. The van der Waals surface area contributed by atoms with Crippen molar-refractivity contribution in [2.45, 2.75) is 31.7 Å². The van der Waals surface area contributed by atoms with Crippen LogP contribution in [0.1, 0.15) is 35.6 Å². The van der Waals surface area contributed by atoms with Crippen molar-refractivity contribution in [3.63, 3.8) is 0 Å². The van der Waals surface area contributed by atoms with E-state index in [1.54, 1.807) is 31.4 Å². The van der Waals surface area contributed by atoms with Crippen LogP contribution in [0.3, 0.4) is 0 Å². The summed E-state index contributed by atoms with van der Waals surface area (Å²) >= 11 is 0. The highest BCUT2D eigenvalue weighted by Gasteiger charge is 2.21. The number of methoxy groups -OCH3 is 1. The molecule has 2 aromatic rings. The van der Waals surface area contributed by atoms with Crippen LogP contribution in [0.15, 0.2) is 48.5 Å². The van der Waals surface area contributed by atoms with Crippen molar-refractivity contribution in [2.75, 3.05) is 13.7 Å². The van der Waals surface area contributed by atoms with Crippen molar-refractivity contribution in [1.82, 2.24) is 5.32 Å². The van der Waals surface area contributed by atoms with Crippen molar-refractivity contribution in [1.29, 1.82) is 0 Å². The fourth-order valence-electron chi connectivity index (χ4n) is 3.25. The zero-order chi connectivity index (χ0) is 18.4. The summed E-state index contributed by atoms with van der Waals surface area (Å²) in [6.07, 6.45) is 3.12. The van der Waals surface area contributed by atoms with Crippen LogP contribution < -0.4 is 10.1 Å². The van der Waals surface area contributed by atoms with Crippen LogP contribution >= 0.6 is 0 Å². The van der Waals surface area contributed by atoms with Gasteiger partial charge in [-0.3, -0.25) is 9.59 Å². The minimum absolute atomic E-state index is 0.00672. The summed E-state index contributed by atoms with van der Waals surface area (Å²) in [7, 11) is 1.59. The van der Waals surface area contributed by atoms with E-state index in [0.717, 1.165) is 36.1 Å². The fourth-order valence-corrected chi connectivity index (χ4v) is 3.25. The second kappa shape index (κ2) is 8.52. The smallest absolute Gasteiger partial charge is 0.310 e. The van der Waals surface area contributed by atoms with Gasteiger partial charge < -0.3 is 14.8 Å². The number of benzene rings is 2. The number of ether oxygens (including phenoxy) is 2. The molecule has 136 valence electrons. The molecule has 0 aromatic heterocycles. The molecule has 1 atom stereocenters. The number of rotatable bonds is 6. The van der Waals surface area contributed by atoms with E-state index >= 15 is 0 Å². The molecule has 26 heavy (non-hydrogen) atoms. The van der Waals surface area contributed by atoms with Crippen LogP contribution in [-0.4, -0.2) is 25.6 Å². The van der Waals surface area contributed by atoms with E-state index in [9.17, 15) is 9.59 Å². The summed E-state index contributed by atoms with van der Waals surface area (Å²) in [4.78, 5) is 24.1. The predicted molar refractivity (Wildman–Crippen MR) is 97.9 cm³/mol. The van der Waals surface area contributed by atoms with Gasteiger partial charge in [-0.05, 0) is 48.1 Å². The van der Waals surface area contributed by atoms with Gasteiger partial charge in [0.1, 0.15) is 5.75 Å². The van der Waals surface area contributed by atoms with Gasteiger partial charge in [0.25, 0.3) is 5.91 Å². The molecule has 0 unspecified atom stereocenters. The highest BCUT2D eigenvalue weighted by Crippen LogP contribution is 2.29. The summed E-state index contributed by atoms with van der Waals surface area (Å²) in [5.74, 6) is 0.0402. The number of nitrogens with one attached hydrogen (secondary N) is 1. The monoisotopic (exact) mass is 353 g/mol. The first kappa shape index (κ1) is 18.0. The van der Waals surface area contributed by atoms with Gasteiger partial charge in [0.15, 0.2) is 6.61 Å². The SMILES string of the molecule is COc1ccc(CC(=O)OCC(=O)N[C@H]2CCCc3ccccc32)cc1. The average Bonchev–Trinajstić information content (AvgIpc) is 2.67. The van der Waals surface area contributed by atoms with Crippen molar-refractivity contribution in [3.05, 3.63) is 65.2 Å². The Morgan fingerprint density at radius 1 is 1.12 bits per heavy atom. The van der Waals surface area contributed by atoms with Crippen molar-refractivity contribution in [3.8, 4) is 5.75 Å². The summed E-state index contributed by atoms with van der Waals surface area (Å²) in [5.41, 5.74) is 3.26. The number of hydrogen-bond acceptors (Lipinski definition) is 4. The fraction of sp³-hybridized carbons (Fsp3) is 0.333. The van der Waals surface area contributed by atoms with Gasteiger partial charge in [-0.2, -0.15) is 0 Å². The van der Waals surface area contributed by atoms with Gasteiger partial charge in [0.2, 0.25) is 0 Å². The number of aryl methyl sites for hydroxylation is 1. The first-order chi connectivity index (χ1) is 12.7. The third-order valence-corrected chi connectivity index (χ3v) is 4.58. The van der Waals surface area contributed by atoms with Crippen LogP contribution in [0.4, 0.5) is 0 Å². The largest absolute Gasteiger partial charge is 0.497 e. The standard InChI is InChI=1S/C21H23NO4/c1-25-17-11-9-15(10-12-17)13-21(24)26-14-20(23)22-19-8-4-6-16-5-2-3-7-18(16)19/h2-3,5,7,9-12,19H,4,6,8,13-14H2,1H3,(H,22,23)/t19-/m0/s1. The van der Waals surface area contributed by atoms with Gasteiger partial charge in [-0.25, -0.2) is 0 Å². The van der Waals surface area contributed by atoms with E-state index in [1.165, 1.54) is 5.56 Å². The lowest BCUT2D eigenvalue weighted by molar-refractivity contribution is -0.148. The first-order valence-corrected chi connectivity index (χ1v) is 8.81. The number of carbonyl (C=O) groups excluding carboxylic acids is 2. The summed E-state index contributed by atoms with van der Waals surface area (Å²) in [6.45, 7) is -0.256. The van der Waals surface area contributed by atoms with Crippen LogP contribution in [-0.2, 0) is 27.2 Å². The van der Waals surface area contributed by atoms with E-state index < -0.39 is 5.97 Å². The highest BCUT2D eigenvalue weighted by molar-refractivity contribution is 5.81. The molecule has 0 radical (unpaired) electrons. The molecule has 0 heterocycles. The molecule has 1 N–H and O–H groups in total. The minimum Gasteiger partial charge on any atom is -0.497 e. The van der Waals surface area contributed by atoms with E-state index in [1.807, 2.05) is 12.1 Å².